The summed E-state index contributed by atoms with van der Waals surface area (Å²) in [6.45, 7) is 4.49. The molecule has 2 aromatic rings. The number of rotatable bonds is 7. The van der Waals surface area contributed by atoms with Crippen molar-refractivity contribution in [3.05, 3.63) is 65.5 Å². The molecule has 1 fully saturated rings. The van der Waals surface area contributed by atoms with Crippen molar-refractivity contribution >= 4 is 40.4 Å². The van der Waals surface area contributed by atoms with Crippen LogP contribution in [0.3, 0.4) is 0 Å². The molecule has 1 atom stereocenters. The first-order chi connectivity index (χ1) is 15.4. The lowest BCUT2D eigenvalue weighted by Gasteiger charge is -2.31. The van der Waals surface area contributed by atoms with Gasteiger partial charge in [-0.1, -0.05) is 23.9 Å². The van der Waals surface area contributed by atoms with Gasteiger partial charge in [0.25, 0.3) is 0 Å². The summed E-state index contributed by atoms with van der Waals surface area (Å²) in [5.74, 6) is -1.26. The number of amidine groups is 1. The summed E-state index contributed by atoms with van der Waals surface area (Å²) in [6.07, 6.45) is 0.0402. The third-order valence-corrected chi connectivity index (χ3v) is 5.83. The molecule has 9 heteroatoms. The third-order valence-electron chi connectivity index (χ3n) is 4.64. The van der Waals surface area contributed by atoms with Crippen molar-refractivity contribution in [1.29, 1.82) is 0 Å². The van der Waals surface area contributed by atoms with Crippen molar-refractivity contribution in [3.8, 4) is 0 Å². The van der Waals surface area contributed by atoms with E-state index in [2.05, 4.69) is 10.3 Å². The fraction of sp³-hybridized carbons (Fsp3) is 0.304. The van der Waals surface area contributed by atoms with Gasteiger partial charge in [-0.25, -0.2) is 14.2 Å². The van der Waals surface area contributed by atoms with E-state index in [0.717, 1.165) is 5.56 Å². The van der Waals surface area contributed by atoms with E-state index in [1.807, 2.05) is 6.92 Å². The summed E-state index contributed by atoms with van der Waals surface area (Å²) >= 11 is 1.20. The second kappa shape index (κ2) is 10.9. The molecule has 1 heterocycles. The number of nitrogens with zero attached hydrogens (tertiary/aromatic N) is 2. The number of benzene rings is 2. The van der Waals surface area contributed by atoms with Crippen molar-refractivity contribution < 1.29 is 23.5 Å². The standard InChI is InChI=1S/C23H24FN3O4S/c1-3-25-21(29)19-13-20(28)27(14-15-5-9-17(24)10-6-15)23(32-19)26-18-11-7-16(8-12-18)22(30)31-4-2/h5-12,19H,3-4,13-14H2,1-2H3,(H,25,29). The Balaban J connectivity index is 1.89. The molecule has 1 unspecified atom stereocenters. The minimum atomic E-state index is -0.593. The Morgan fingerprint density at radius 3 is 2.47 bits per heavy atom. The Bertz CT molecular complexity index is 1010. The molecule has 0 aliphatic carbocycles. The van der Waals surface area contributed by atoms with Crippen LogP contribution in [-0.2, 0) is 20.9 Å². The van der Waals surface area contributed by atoms with Gasteiger partial charge >= 0.3 is 5.97 Å². The number of thioether (sulfide) groups is 1. The van der Waals surface area contributed by atoms with E-state index in [9.17, 15) is 18.8 Å². The number of carbonyl (C=O) groups excluding carboxylic acids is 3. The van der Waals surface area contributed by atoms with Gasteiger partial charge in [0.1, 0.15) is 5.82 Å². The molecule has 0 saturated carbocycles. The molecule has 2 amide bonds. The number of ether oxygens (including phenoxy) is 1. The molecule has 7 nitrogen and oxygen atoms in total. The first-order valence-electron chi connectivity index (χ1n) is 10.3. The summed E-state index contributed by atoms with van der Waals surface area (Å²) < 4.78 is 18.3. The van der Waals surface area contributed by atoms with Gasteiger partial charge in [0, 0.05) is 13.0 Å². The predicted molar refractivity (Wildman–Crippen MR) is 121 cm³/mol. The zero-order chi connectivity index (χ0) is 23.1. The zero-order valence-corrected chi connectivity index (χ0v) is 18.7. The Morgan fingerprint density at radius 2 is 1.84 bits per heavy atom. The Labute approximate surface area is 190 Å². The monoisotopic (exact) mass is 457 g/mol. The first kappa shape index (κ1) is 23.5. The number of aliphatic imine (C=N–C) groups is 1. The lowest BCUT2D eigenvalue weighted by atomic mass is 10.2. The summed E-state index contributed by atoms with van der Waals surface area (Å²) in [4.78, 5) is 43.2. The average molecular weight is 458 g/mol. The number of carbonyl (C=O) groups is 3. The van der Waals surface area contributed by atoms with Crippen LogP contribution in [0.15, 0.2) is 53.5 Å². The van der Waals surface area contributed by atoms with Gasteiger partial charge in [-0.3, -0.25) is 14.5 Å². The highest BCUT2D eigenvalue weighted by atomic mass is 32.2. The maximum absolute atomic E-state index is 13.3. The van der Waals surface area contributed by atoms with E-state index >= 15 is 0 Å². The Hall–Kier alpha value is -3.20. The van der Waals surface area contributed by atoms with E-state index in [4.69, 9.17) is 4.74 Å². The molecule has 1 saturated heterocycles. The van der Waals surface area contributed by atoms with Crippen LogP contribution in [0.2, 0.25) is 0 Å². The lowest BCUT2D eigenvalue weighted by molar-refractivity contribution is -0.130. The molecular formula is C23H24FN3O4S. The van der Waals surface area contributed by atoms with Crippen molar-refractivity contribution in [2.75, 3.05) is 13.2 Å². The number of nitrogens with one attached hydrogen (secondary N) is 1. The molecule has 0 aromatic heterocycles. The zero-order valence-electron chi connectivity index (χ0n) is 17.8. The molecule has 168 valence electrons. The van der Waals surface area contributed by atoms with Crippen molar-refractivity contribution in [3.63, 3.8) is 0 Å². The molecule has 1 N–H and O–H groups in total. The van der Waals surface area contributed by atoms with Crippen LogP contribution in [0, 0.1) is 5.82 Å². The summed E-state index contributed by atoms with van der Waals surface area (Å²) in [5, 5.41) is 2.52. The topological polar surface area (TPSA) is 88.1 Å². The fourth-order valence-corrected chi connectivity index (χ4v) is 4.18. The van der Waals surface area contributed by atoms with Gasteiger partial charge in [-0.05, 0) is 55.8 Å². The second-order valence-electron chi connectivity index (χ2n) is 6.97. The SMILES string of the molecule is CCNC(=O)C1CC(=O)N(Cc2ccc(F)cc2)C(=Nc2ccc(C(=O)OCC)cc2)S1. The van der Waals surface area contributed by atoms with E-state index in [1.165, 1.54) is 28.8 Å². The van der Waals surface area contributed by atoms with Crippen molar-refractivity contribution in [1.82, 2.24) is 10.2 Å². The number of hydrogen-bond donors (Lipinski definition) is 1. The maximum atomic E-state index is 13.3. The van der Waals surface area contributed by atoms with E-state index < -0.39 is 11.2 Å². The predicted octanol–water partition coefficient (Wildman–Crippen LogP) is 3.66. The van der Waals surface area contributed by atoms with Gasteiger partial charge in [-0.15, -0.1) is 0 Å². The van der Waals surface area contributed by atoms with Crippen LogP contribution in [-0.4, -0.2) is 46.3 Å². The minimum Gasteiger partial charge on any atom is -0.462 e. The fourth-order valence-electron chi connectivity index (χ4n) is 3.05. The summed E-state index contributed by atoms with van der Waals surface area (Å²) in [5.41, 5.74) is 1.66. The quantitative estimate of drug-likeness (QED) is 0.641. The number of amides is 2. The highest BCUT2D eigenvalue weighted by Crippen LogP contribution is 2.30. The number of esters is 1. The maximum Gasteiger partial charge on any atom is 0.338 e. The molecule has 1 aliphatic rings. The highest BCUT2D eigenvalue weighted by Gasteiger charge is 2.35. The van der Waals surface area contributed by atoms with Crippen LogP contribution in [0.25, 0.3) is 0 Å². The second-order valence-corrected chi connectivity index (χ2v) is 8.14. The average Bonchev–Trinajstić information content (AvgIpc) is 2.78. The van der Waals surface area contributed by atoms with Crippen molar-refractivity contribution in [2.45, 2.75) is 32.1 Å². The van der Waals surface area contributed by atoms with E-state index in [-0.39, 0.29) is 37.2 Å². The lowest BCUT2D eigenvalue weighted by Crippen LogP contribution is -2.46. The van der Waals surface area contributed by atoms with Gasteiger partial charge in [0.2, 0.25) is 11.8 Å². The molecule has 0 radical (unpaired) electrons. The molecule has 1 aliphatic heterocycles. The summed E-state index contributed by atoms with van der Waals surface area (Å²) in [6, 6.07) is 12.4. The molecule has 0 bridgehead atoms. The van der Waals surface area contributed by atoms with Gasteiger partial charge < -0.3 is 10.1 Å². The van der Waals surface area contributed by atoms with Crippen molar-refractivity contribution in [2.24, 2.45) is 4.99 Å². The van der Waals surface area contributed by atoms with E-state index in [0.29, 0.717) is 23.0 Å². The van der Waals surface area contributed by atoms with Gasteiger partial charge in [0.15, 0.2) is 5.17 Å². The van der Waals surface area contributed by atoms with Gasteiger partial charge in [0.05, 0.1) is 29.7 Å². The third kappa shape index (κ3) is 5.94. The first-order valence-corrected chi connectivity index (χ1v) is 11.1. The largest absolute Gasteiger partial charge is 0.462 e. The minimum absolute atomic E-state index is 0.0402. The van der Waals surface area contributed by atoms with Gasteiger partial charge in [-0.2, -0.15) is 0 Å². The van der Waals surface area contributed by atoms with Crippen LogP contribution < -0.4 is 5.32 Å². The van der Waals surface area contributed by atoms with Crippen LogP contribution in [0.5, 0.6) is 0 Å². The van der Waals surface area contributed by atoms with Crippen LogP contribution in [0.4, 0.5) is 10.1 Å². The Morgan fingerprint density at radius 1 is 1.16 bits per heavy atom. The molecule has 3 rings (SSSR count). The Kier molecular flexibility index (Phi) is 7.99. The molecular weight excluding hydrogens is 433 g/mol. The van der Waals surface area contributed by atoms with E-state index in [1.54, 1.807) is 43.3 Å². The molecule has 2 aromatic carbocycles. The van der Waals surface area contributed by atoms with Crippen LogP contribution >= 0.6 is 11.8 Å². The highest BCUT2D eigenvalue weighted by molar-refractivity contribution is 8.15. The number of hydrogen-bond acceptors (Lipinski definition) is 6. The molecule has 0 spiro atoms. The molecule has 32 heavy (non-hydrogen) atoms. The summed E-state index contributed by atoms with van der Waals surface area (Å²) in [7, 11) is 0. The van der Waals surface area contributed by atoms with Crippen LogP contribution in [0.1, 0.15) is 36.2 Å². The normalized spacial score (nSPS) is 17.3. The smallest absolute Gasteiger partial charge is 0.338 e. The number of halogens is 1.